The summed E-state index contributed by atoms with van der Waals surface area (Å²) in [6, 6.07) is 0.289. The van der Waals surface area contributed by atoms with Gasteiger partial charge in [-0.1, -0.05) is 39.0 Å². The van der Waals surface area contributed by atoms with Crippen molar-refractivity contribution in [1.82, 2.24) is 4.90 Å². The van der Waals surface area contributed by atoms with E-state index in [-0.39, 0.29) is 6.04 Å². The Labute approximate surface area is 105 Å². The molecule has 0 saturated carbocycles. The highest BCUT2D eigenvalue weighted by molar-refractivity contribution is 5.67. The van der Waals surface area contributed by atoms with Gasteiger partial charge >= 0.3 is 5.97 Å². The molecule has 0 amide bonds. The summed E-state index contributed by atoms with van der Waals surface area (Å²) in [7, 11) is 0. The number of carboxylic acid groups (broad SMARTS) is 1. The molecule has 1 atom stereocenters. The molecule has 0 bridgehead atoms. The van der Waals surface area contributed by atoms with Crippen LogP contribution >= 0.6 is 0 Å². The lowest BCUT2D eigenvalue weighted by Gasteiger charge is -2.26. The molecular formula is C14H27NO2. The van der Waals surface area contributed by atoms with Crippen LogP contribution in [0.4, 0.5) is 0 Å². The molecule has 1 heterocycles. The predicted octanol–water partition coefficient (Wildman–Crippen LogP) is 3.29. The van der Waals surface area contributed by atoms with E-state index < -0.39 is 5.97 Å². The Bertz CT molecular complexity index is 212. The molecule has 3 heteroatoms. The summed E-state index contributed by atoms with van der Waals surface area (Å²) in [4.78, 5) is 13.3. The number of hydrogen-bond acceptors (Lipinski definition) is 2. The third kappa shape index (κ3) is 6.06. The Morgan fingerprint density at radius 2 is 1.82 bits per heavy atom. The smallest absolute Gasteiger partial charge is 0.304 e. The fraction of sp³-hybridized carbons (Fsp3) is 0.929. The Morgan fingerprint density at radius 3 is 2.41 bits per heavy atom. The normalized spacial score (nSPS) is 18.4. The molecule has 1 aliphatic rings. The highest BCUT2D eigenvalue weighted by atomic mass is 16.4. The Morgan fingerprint density at radius 1 is 1.18 bits per heavy atom. The van der Waals surface area contributed by atoms with Gasteiger partial charge in [-0.05, 0) is 32.4 Å². The van der Waals surface area contributed by atoms with Crippen molar-refractivity contribution >= 4 is 5.97 Å². The van der Waals surface area contributed by atoms with Gasteiger partial charge in [0.05, 0.1) is 6.42 Å². The van der Waals surface area contributed by atoms with E-state index in [2.05, 4.69) is 11.8 Å². The first-order valence-electron chi connectivity index (χ1n) is 7.20. The van der Waals surface area contributed by atoms with E-state index in [1.54, 1.807) is 0 Å². The largest absolute Gasteiger partial charge is 0.481 e. The summed E-state index contributed by atoms with van der Waals surface area (Å²) in [5.41, 5.74) is 0. The number of rotatable bonds is 9. The van der Waals surface area contributed by atoms with Gasteiger partial charge in [-0.3, -0.25) is 9.69 Å². The van der Waals surface area contributed by atoms with Crippen LogP contribution in [0.15, 0.2) is 0 Å². The van der Waals surface area contributed by atoms with E-state index in [1.807, 2.05) is 0 Å². The van der Waals surface area contributed by atoms with Crippen LogP contribution in [-0.4, -0.2) is 35.1 Å². The van der Waals surface area contributed by atoms with Gasteiger partial charge in [0.25, 0.3) is 0 Å². The zero-order valence-electron chi connectivity index (χ0n) is 11.2. The van der Waals surface area contributed by atoms with Gasteiger partial charge < -0.3 is 5.11 Å². The number of likely N-dealkylation sites (tertiary alicyclic amines) is 1. The van der Waals surface area contributed by atoms with Crippen molar-refractivity contribution in [1.29, 1.82) is 0 Å². The van der Waals surface area contributed by atoms with E-state index in [9.17, 15) is 4.79 Å². The van der Waals surface area contributed by atoms with Crippen LogP contribution in [0, 0.1) is 0 Å². The molecule has 3 nitrogen and oxygen atoms in total. The minimum absolute atomic E-state index is 0.289. The van der Waals surface area contributed by atoms with Crippen LogP contribution in [-0.2, 0) is 4.79 Å². The standard InChI is InChI=1S/C14H27NO2/c1-2-3-4-5-6-9-13(12-14(16)17)15-10-7-8-11-15/h13H,2-12H2,1H3,(H,16,17). The van der Waals surface area contributed by atoms with E-state index in [1.165, 1.54) is 44.9 Å². The number of unbranched alkanes of at least 4 members (excludes halogenated alkanes) is 4. The van der Waals surface area contributed by atoms with Crippen molar-refractivity contribution in [2.75, 3.05) is 13.1 Å². The van der Waals surface area contributed by atoms with Gasteiger partial charge in [-0.2, -0.15) is 0 Å². The summed E-state index contributed by atoms with van der Waals surface area (Å²) >= 11 is 0. The second-order valence-electron chi connectivity index (χ2n) is 5.20. The van der Waals surface area contributed by atoms with Crippen molar-refractivity contribution in [2.45, 2.75) is 70.8 Å². The van der Waals surface area contributed by atoms with Crippen molar-refractivity contribution in [3.63, 3.8) is 0 Å². The lowest BCUT2D eigenvalue weighted by molar-refractivity contribution is -0.138. The maximum Gasteiger partial charge on any atom is 0.304 e. The maximum atomic E-state index is 10.9. The predicted molar refractivity (Wildman–Crippen MR) is 70.2 cm³/mol. The Hall–Kier alpha value is -0.570. The topological polar surface area (TPSA) is 40.5 Å². The number of carbonyl (C=O) groups is 1. The first kappa shape index (κ1) is 14.5. The third-order valence-corrected chi connectivity index (χ3v) is 3.71. The van der Waals surface area contributed by atoms with Crippen LogP contribution in [0.1, 0.15) is 64.7 Å². The fourth-order valence-corrected chi connectivity index (χ4v) is 2.71. The lowest BCUT2D eigenvalue weighted by Crippen LogP contribution is -2.34. The summed E-state index contributed by atoms with van der Waals surface area (Å²) in [5, 5.41) is 8.96. The molecule has 0 aromatic rings. The Kier molecular flexibility index (Phi) is 7.25. The number of carboxylic acids is 1. The van der Waals surface area contributed by atoms with Gasteiger partial charge in [0.1, 0.15) is 0 Å². The first-order chi connectivity index (χ1) is 8.24. The zero-order valence-corrected chi connectivity index (χ0v) is 11.2. The maximum absolute atomic E-state index is 10.9. The minimum Gasteiger partial charge on any atom is -0.481 e. The van der Waals surface area contributed by atoms with Crippen LogP contribution in [0.2, 0.25) is 0 Å². The molecule has 0 spiro atoms. The summed E-state index contributed by atoms with van der Waals surface area (Å²) in [6.07, 6.45) is 10.2. The number of nitrogens with zero attached hydrogens (tertiary/aromatic N) is 1. The molecule has 1 N–H and O–H groups in total. The molecule has 0 aromatic heterocycles. The fourth-order valence-electron chi connectivity index (χ4n) is 2.71. The molecule has 0 aliphatic carbocycles. The van der Waals surface area contributed by atoms with Gasteiger partial charge in [0, 0.05) is 6.04 Å². The molecule has 1 fully saturated rings. The van der Waals surface area contributed by atoms with Gasteiger partial charge in [-0.15, -0.1) is 0 Å². The Balaban J connectivity index is 2.22. The van der Waals surface area contributed by atoms with Crippen LogP contribution in [0.5, 0.6) is 0 Å². The molecule has 1 aliphatic heterocycles. The highest BCUT2D eigenvalue weighted by Gasteiger charge is 2.23. The summed E-state index contributed by atoms with van der Waals surface area (Å²) in [6.45, 7) is 4.43. The SMILES string of the molecule is CCCCCCCC(CC(=O)O)N1CCCC1. The van der Waals surface area contributed by atoms with E-state index in [4.69, 9.17) is 5.11 Å². The van der Waals surface area contributed by atoms with Gasteiger partial charge in [0.2, 0.25) is 0 Å². The van der Waals surface area contributed by atoms with Crippen LogP contribution in [0.3, 0.4) is 0 Å². The zero-order chi connectivity index (χ0) is 12.5. The van der Waals surface area contributed by atoms with Crippen molar-refractivity contribution in [2.24, 2.45) is 0 Å². The molecule has 1 rings (SSSR count). The average Bonchev–Trinajstić information content (AvgIpc) is 2.80. The number of aliphatic carboxylic acids is 1. The first-order valence-corrected chi connectivity index (χ1v) is 7.20. The molecule has 1 saturated heterocycles. The van der Waals surface area contributed by atoms with Crippen LogP contribution < -0.4 is 0 Å². The second kappa shape index (κ2) is 8.51. The molecule has 17 heavy (non-hydrogen) atoms. The average molecular weight is 241 g/mol. The van der Waals surface area contributed by atoms with Crippen LogP contribution in [0.25, 0.3) is 0 Å². The quantitative estimate of drug-likeness (QED) is 0.630. The van der Waals surface area contributed by atoms with Gasteiger partial charge in [0.15, 0.2) is 0 Å². The molecular weight excluding hydrogens is 214 g/mol. The van der Waals surface area contributed by atoms with E-state index in [0.29, 0.717) is 6.42 Å². The van der Waals surface area contributed by atoms with Crippen molar-refractivity contribution in [3.8, 4) is 0 Å². The highest BCUT2D eigenvalue weighted by Crippen LogP contribution is 2.19. The molecule has 100 valence electrons. The molecule has 1 unspecified atom stereocenters. The summed E-state index contributed by atoms with van der Waals surface area (Å²) in [5.74, 6) is -0.643. The monoisotopic (exact) mass is 241 g/mol. The van der Waals surface area contributed by atoms with E-state index in [0.717, 1.165) is 19.5 Å². The number of hydrogen-bond donors (Lipinski definition) is 1. The van der Waals surface area contributed by atoms with Crippen molar-refractivity contribution in [3.05, 3.63) is 0 Å². The van der Waals surface area contributed by atoms with E-state index >= 15 is 0 Å². The summed E-state index contributed by atoms with van der Waals surface area (Å²) < 4.78 is 0. The third-order valence-electron chi connectivity index (χ3n) is 3.71. The van der Waals surface area contributed by atoms with Gasteiger partial charge in [-0.25, -0.2) is 0 Å². The second-order valence-corrected chi connectivity index (χ2v) is 5.20. The van der Waals surface area contributed by atoms with Crippen molar-refractivity contribution < 1.29 is 9.90 Å². The minimum atomic E-state index is -0.643. The molecule has 0 aromatic carbocycles. The molecule has 0 radical (unpaired) electrons. The lowest BCUT2D eigenvalue weighted by atomic mass is 10.0.